The van der Waals surface area contributed by atoms with Crippen LogP contribution < -0.4 is 9.84 Å². The number of fused-ring (bicyclic) bond motifs is 4. The number of hydrogen-bond acceptors (Lipinski definition) is 4. The van der Waals surface area contributed by atoms with Gasteiger partial charge in [0.05, 0.1) is 17.7 Å². The molecule has 3 fully saturated rings. The summed E-state index contributed by atoms with van der Waals surface area (Å²) in [4.78, 5) is 16.6. The lowest BCUT2D eigenvalue weighted by Crippen LogP contribution is -2.62. The fraction of sp³-hybridized carbons (Fsp3) is 0.519. The Morgan fingerprint density at radius 1 is 1.18 bits per heavy atom. The van der Waals surface area contributed by atoms with Gasteiger partial charge >= 0.3 is 0 Å². The zero-order valence-corrected chi connectivity index (χ0v) is 20.4. The minimum Gasteiger partial charge on any atom is -0.530 e. The van der Waals surface area contributed by atoms with E-state index in [0.717, 1.165) is 55.6 Å². The summed E-state index contributed by atoms with van der Waals surface area (Å²) in [5.41, 5.74) is 4.23. The van der Waals surface area contributed by atoms with Crippen molar-refractivity contribution in [3.8, 4) is 16.9 Å². The molecule has 2 aromatic carbocycles. The summed E-state index contributed by atoms with van der Waals surface area (Å²) in [6.07, 6.45) is 1.94. The second-order valence-corrected chi connectivity index (χ2v) is 10.8. The first-order valence-electron chi connectivity index (χ1n) is 12.1. The van der Waals surface area contributed by atoms with Crippen LogP contribution in [0.5, 0.6) is 5.75 Å². The van der Waals surface area contributed by atoms with Crippen molar-refractivity contribution in [3.05, 3.63) is 52.5 Å². The molecule has 2 aromatic rings. The molecule has 176 valence electrons. The van der Waals surface area contributed by atoms with Gasteiger partial charge in [0.15, 0.2) is 0 Å². The molecule has 0 N–H and O–H groups in total. The maximum atomic E-state index is 12.5. The molecule has 4 aliphatic rings. The number of nitrogens with zero attached hydrogens (tertiary/aromatic N) is 2. The number of ether oxygens (including phenoxy) is 1. The standard InChI is InChI=1S/C27H33ClN2O3/c1-4-33-24-8-6-19(14-22(24)28)18-5-7-21-20(13-18)15-27(2,3)25(21)30(26(31)32)23-16-29-11-9-17(23)10-12-29/h5-8,13-14,17,23,25H,4,9-12,15-16H2,1-3H3,(H,31,32)/p-1/t23-,25+/m1/s1. The highest BCUT2D eigenvalue weighted by Crippen LogP contribution is 2.51. The molecule has 1 amide bonds. The maximum Gasteiger partial charge on any atom is 0.137 e. The predicted octanol–water partition coefficient (Wildman–Crippen LogP) is 4.77. The number of carboxylic acid groups (broad SMARTS) is 1. The maximum absolute atomic E-state index is 12.5. The van der Waals surface area contributed by atoms with E-state index >= 15 is 0 Å². The monoisotopic (exact) mass is 467 g/mol. The predicted molar refractivity (Wildman–Crippen MR) is 128 cm³/mol. The van der Waals surface area contributed by atoms with Crippen molar-refractivity contribution >= 4 is 17.7 Å². The van der Waals surface area contributed by atoms with Gasteiger partial charge in [-0.1, -0.05) is 49.7 Å². The van der Waals surface area contributed by atoms with E-state index in [1.54, 1.807) is 4.90 Å². The second kappa shape index (κ2) is 8.52. The van der Waals surface area contributed by atoms with E-state index in [1.807, 2.05) is 25.1 Å². The molecule has 0 aromatic heterocycles. The number of amides is 1. The Morgan fingerprint density at radius 2 is 1.88 bits per heavy atom. The second-order valence-electron chi connectivity index (χ2n) is 10.4. The summed E-state index contributed by atoms with van der Waals surface area (Å²) >= 11 is 6.43. The van der Waals surface area contributed by atoms with Gasteiger partial charge in [-0.15, -0.1) is 0 Å². The molecule has 33 heavy (non-hydrogen) atoms. The summed E-state index contributed by atoms with van der Waals surface area (Å²) in [7, 11) is 0. The third kappa shape index (κ3) is 4.00. The van der Waals surface area contributed by atoms with Crippen LogP contribution >= 0.6 is 11.6 Å². The molecule has 0 spiro atoms. The fourth-order valence-corrected chi connectivity index (χ4v) is 6.61. The highest BCUT2D eigenvalue weighted by molar-refractivity contribution is 6.32. The normalized spacial score (nSPS) is 27.3. The Kier molecular flexibility index (Phi) is 5.82. The summed E-state index contributed by atoms with van der Waals surface area (Å²) in [6, 6.07) is 12.1. The van der Waals surface area contributed by atoms with E-state index in [2.05, 4.69) is 36.9 Å². The smallest absolute Gasteiger partial charge is 0.137 e. The summed E-state index contributed by atoms with van der Waals surface area (Å²) in [5, 5.41) is 13.1. The minimum atomic E-state index is -1.04. The number of piperidine rings is 3. The van der Waals surface area contributed by atoms with E-state index in [0.29, 0.717) is 23.3 Å². The first-order chi connectivity index (χ1) is 15.8. The van der Waals surface area contributed by atoms with Crippen LogP contribution in [0.1, 0.15) is 50.8 Å². The molecule has 0 saturated carbocycles. The van der Waals surface area contributed by atoms with Crippen molar-refractivity contribution in [2.45, 2.75) is 52.1 Å². The quantitative estimate of drug-likeness (QED) is 0.635. The van der Waals surface area contributed by atoms with Gasteiger partial charge in [0, 0.05) is 12.6 Å². The Balaban J connectivity index is 1.49. The summed E-state index contributed by atoms with van der Waals surface area (Å²) in [6.45, 7) is 9.87. The Bertz CT molecular complexity index is 1060. The average molecular weight is 468 g/mol. The largest absolute Gasteiger partial charge is 0.530 e. The zero-order chi connectivity index (χ0) is 23.3. The number of carbonyl (C=O) groups excluding carboxylic acids is 1. The van der Waals surface area contributed by atoms with Gasteiger partial charge in [-0.25, -0.2) is 0 Å². The van der Waals surface area contributed by atoms with Crippen LogP contribution in [0.2, 0.25) is 5.02 Å². The molecule has 1 aliphatic carbocycles. The minimum absolute atomic E-state index is 0.0114. The highest BCUT2D eigenvalue weighted by Gasteiger charge is 2.48. The molecular weight excluding hydrogens is 436 g/mol. The molecule has 0 radical (unpaired) electrons. The lowest BCUT2D eigenvalue weighted by molar-refractivity contribution is -0.276. The van der Waals surface area contributed by atoms with Crippen LogP contribution in [-0.2, 0) is 6.42 Å². The molecule has 2 bridgehead atoms. The van der Waals surface area contributed by atoms with Gasteiger partial charge in [0.25, 0.3) is 0 Å². The molecule has 3 saturated heterocycles. The van der Waals surface area contributed by atoms with Crippen molar-refractivity contribution in [2.75, 3.05) is 26.2 Å². The van der Waals surface area contributed by atoms with Crippen LogP contribution in [0.4, 0.5) is 4.79 Å². The Hall–Kier alpha value is -2.24. The van der Waals surface area contributed by atoms with Crippen molar-refractivity contribution in [1.82, 2.24) is 9.80 Å². The molecule has 6 heteroatoms. The summed E-state index contributed by atoms with van der Waals surface area (Å²) < 4.78 is 5.57. The number of halogens is 1. The van der Waals surface area contributed by atoms with Gasteiger partial charge in [-0.2, -0.15) is 0 Å². The molecule has 0 unspecified atom stereocenters. The van der Waals surface area contributed by atoms with Gasteiger partial charge < -0.3 is 24.4 Å². The van der Waals surface area contributed by atoms with E-state index in [9.17, 15) is 9.90 Å². The number of hydrogen-bond donors (Lipinski definition) is 0. The molecule has 3 heterocycles. The van der Waals surface area contributed by atoms with E-state index in [-0.39, 0.29) is 17.5 Å². The molecule has 6 rings (SSSR count). The van der Waals surface area contributed by atoms with Crippen molar-refractivity contribution in [2.24, 2.45) is 11.3 Å². The third-order valence-electron chi connectivity index (χ3n) is 7.86. The lowest BCUT2D eigenvalue weighted by atomic mass is 9.79. The molecule has 3 aliphatic heterocycles. The molecule has 2 atom stereocenters. The van der Waals surface area contributed by atoms with E-state index in [4.69, 9.17) is 16.3 Å². The van der Waals surface area contributed by atoms with Crippen molar-refractivity contribution in [1.29, 1.82) is 0 Å². The Morgan fingerprint density at radius 3 is 2.48 bits per heavy atom. The molecule has 5 nitrogen and oxygen atoms in total. The first kappa shape index (κ1) is 22.5. The molecular formula is C27H32ClN2O3-. The number of carbonyl (C=O) groups is 1. The Labute approximate surface area is 201 Å². The summed E-state index contributed by atoms with van der Waals surface area (Å²) in [5.74, 6) is 1.12. The SMILES string of the molecule is CCOc1ccc(-c2ccc3c(c2)CC(C)(C)[C@H]3N(C(=O)[O-])[C@@H]2CN3CCC2CC3)cc1Cl. The topological polar surface area (TPSA) is 55.8 Å². The first-order valence-corrected chi connectivity index (χ1v) is 12.4. The van der Waals surface area contributed by atoms with E-state index < -0.39 is 6.09 Å². The van der Waals surface area contributed by atoms with Gasteiger partial charge in [-0.05, 0) is 85.0 Å². The van der Waals surface area contributed by atoms with Crippen molar-refractivity contribution < 1.29 is 14.6 Å². The highest BCUT2D eigenvalue weighted by atomic mass is 35.5. The average Bonchev–Trinajstić information content (AvgIpc) is 3.05. The van der Waals surface area contributed by atoms with Gasteiger partial charge in [0.2, 0.25) is 0 Å². The zero-order valence-electron chi connectivity index (χ0n) is 19.6. The number of rotatable bonds is 5. The van der Waals surface area contributed by atoms with Gasteiger partial charge in [-0.3, -0.25) is 0 Å². The third-order valence-corrected chi connectivity index (χ3v) is 8.15. The fourth-order valence-electron chi connectivity index (χ4n) is 6.37. The van der Waals surface area contributed by atoms with Crippen LogP contribution in [0.15, 0.2) is 36.4 Å². The lowest BCUT2D eigenvalue weighted by Gasteiger charge is -2.53. The van der Waals surface area contributed by atoms with Crippen LogP contribution in [-0.4, -0.2) is 48.2 Å². The van der Waals surface area contributed by atoms with Gasteiger partial charge in [0.1, 0.15) is 11.8 Å². The van der Waals surface area contributed by atoms with E-state index in [1.165, 1.54) is 5.56 Å². The number of benzene rings is 2. The van der Waals surface area contributed by atoms with Crippen molar-refractivity contribution in [3.63, 3.8) is 0 Å². The van der Waals surface area contributed by atoms with Crippen LogP contribution in [0.25, 0.3) is 11.1 Å². The van der Waals surface area contributed by atoms with Crippen LogP contribution in [0.3, 0.4) is 0 Å². The van der Waals surface area contributed by atoms with Crippen LogP contribution in [0, 0.1) is 11.3 Å².